The van der Waals surface area contributed by atoms with Crippen molar-refractivity contribution in [1.82, 2.24) is 9.80 Å². The van der Waals surface area contributed by atoms with E-state index in [0.717, 1.165) is 11.1 Å². The Balaban J connectivity index is 1.39. The van der Waals surface area contributed by atoms with E-state index in [1.165, 1.54) is 0 Å². The molecular formula is C24H30N2O6. The topological polar surface area (TPSA) is 77.5 Å². The van der Waals surface area contributed by atoms with E-state index in [4.69, 9.17) is 18.9 Å². The lowest BCUT2D eigenvalue weighted by Gasteiger charge is -2.34. The van der Waals surface area contributed by atoms with Crippen LogP contribution in [-0.4, -0.2) is 60.7 Å². The second-order valence-corrected chi connectivity index (χ2v) is 7.74. The van der Waals surface area contributed by atoms with Gasteiger partial charge in [0.05, 0.1) is 0 Å². The molecule has 0 bridgehead atoms. The minimum Gasteiger partial charge on any atom is -0.455 e. The van der Waals surface area contributed by atoms with Gasteiger partial charge in [-0.25, -0.2) is 9.59 Å². The standard InChI is InChI=1S/C24H30N2O6/c1-17-5-9-21(10-6-17)29-19(3)31-23(27)25-13-15-26(16-14-25)24(28)32-20(4)30-22-11-7-18(2)8-12-22/h5-12,19-20H,13-16H2,1-4H3/t19-,20-/m1/s1. The molecule has 0 radical (unpaired) electrons. The number of hydrogen-bond donors (Lipinski definition) is 0. The van der Waals surface area contributed by atoms with Gasteiger partial charge in [-0.1, -0.05) is 35.4 Å². The maximum absolute atomic E-state index is 12.4. The first-order valence-corrected chi connectivity index (χ1v) is 10.7. The Kier molecular flexibility index (Phi) is 7.81. The quantitative estimate of drug-likeness (QED) is 0.619. The lowest BCUT2D eigenvalue weighted by atomic mass is 10.2. The zero-order valence-corrected chi connectivity index (χ0v) is 18.9. The first kappa shape index (κ1) is 23.2. The summed E-state index contributed by atoms with van der Waals surface area (Å²) in [4.78, 5) is 27.9. The number of carbonyl (C=O) groups is 2. The predicted octanol–water partition coefficient (Wildman–Crippen LogP) is 4.34. The lowest BCUT2D eigenvalue weighted by Crippen LogP contribution is -2.51. The van der Waals surface area contributed by atoms with Crippen molar-refractivity contribution in [3.8, 4) is 11.5 Å². The first-order chi connectivity index (χ1) is 15.3. The molecule has 8 heteroatoms. The maximum Gasteiger partial charge on any atom is 0.412 e. The minimum atomic E-state index is -0.729. The molecule has 3 rings (SSSR count). The van der Waals surface area contributed by atoms with Crippen LogP contribution in [0.4, 0.5) is 9.59 Å². The molecule has 0 unspecified atom stereocenters. The second-order valence-electron chi connectivity index (χ2n) is 7.74. The normalized spacial score (nSPS) is 15.5. The fourth-order valence-electron chi connectivity index (χ4n) is 3.17. The third-order valence-corrected chi connectivity index (χ3v) is 4.98. The molecule has 2 amide bonds. The number of amides is 2. The van der Waals surface area contributed by atoms with Gasteiger partial charge in [-0.3, -0.25) is 0 Å². The fourth-order valence-corrected chi connectivity index (χ4v) is 3.17. The SMILES string of the molecule is Cc1ccc(O[C@@H](C)OC(=O)N2CCN(C(=O)O[C@H](C)Oc3ccc(C)cc3)CC2)cc1. The number of carbonyl (C=O) groups excluding carboxylic acids is 2. The summed E-state index contributed by atoms with van der Waals surface area (Å²) in [5.74, 6) is 1.26. The van der Waals surface area contributed by atoms with Gasteiger partial charge in [-0.15, -0.1) is 0 Å². The van der Waals surface area contributed by atoms with Crippen molar-refractivity contribution >= 4 is 12.2 Å². The highest BCUT2D eigenvalue weighted by Crippen LogP contribution is 2.16. The summed E-state index contributed by atoms with van der Waals surface area (Å²) in [5.41, 5.74) is 2.24. The van der Waals surface area contributed by atoms with E-state index in [2.05, 4.69) is 0 Å². The number of nitrogens with zero attached hydrogens (tertiary/aromatic N) is 2. The van der Waals surface area contributed by atoms with Crippen LogP contribution in [0.25, 0.3) is 0 Å². The lowest BCUT2D eigenvalue weighted by molar-refractivity contribution is -0.0479. The van der Waals surface area contributed by atoms with E-state index in [0.29, 0.717) is 37.7 Å². The molecule has 1 aliphatic rings. The molecule has 1 heterocycles. The van der Waals surface area contributed by atoms with E-state index in [1.54, 1.807) is 23.6 Å². The van der Waals surface area contributed by atoms with Gasteiger partial charge >= 0.3 is 12.2 Å². The molecule has 8 nitrogen and oxygen atoms in total. The van der Waals surface area contributed by atoms with Gasteiger partial charge < -0.3 is 28.7 Å². The van der Waals surface area contributed by atoms with Crippen LogP contribution in [0.1, 0.15) is 25.0 Å². The molecule has 1 aliphatic heterocycles. The molecule has 2 aromatic carbocycles. The number of aryl methyl sites for hydroxylation is 2. The number of piperazine rings is 1. The van der Waals surface area contributed by atoms with Crippen molar-refractivity contribution in [1.29, 1.82) is 0 Å². The van der Waals surface area contributed by atoms with Crippen LogP contribution < -0.4 is 9.47 Å². The minimum absolute atomic E-state index is 0.346. The van der Waals surface area contributed by atoms with Crippen LogP contribution in [0.15, 0.2) is 48.5 Å². The van der Waals surface area contributed by atoms with Crippen LogP contribution in [0.2, 0.25) is 0 Å². The zero-order chi connectivity index (χ0) is 23.1. The largest absolute Gasteiger partial charge is 0.455 e. The smallest absolute Gasteiger partial charge is 0.412 e. The van der Waals surface area contributed by atoms with E-state index >= 15 is 0 Å². The summed E-state index contributed by atoms with van der Waals surface area (Å²) in [5, 5.41) is 0. The molecule has 0 aromatic heterocycles. The molecule has 1 fully saturated rings. The highest BCUT2D eigenvalue weighted by atomic mass is 16.7. The zero-order valence-electron chi connectivity index (χ0n) is 18.9. The summed E-state index contributed by atoms with van der Waals surface area (Å²) in [7, 11) is 0. The van der Waals surface area contributed by atoms with E-state index < -0.39 is 24.8 Å². The van der Waals surface area contributed by atoms with Crippen molar-refractivity contribution in [2.24, 2.45) is 0 Å². The summed E-state index contributed by atoms with van der Waals surface area (Å²) in [6.07, 6.45) is -2.41. The van der Waals surface area contributed by atoms with E-state index in [1.807, 2.05) is 62.4 Å². The fraction of sp³-hybridized carbons (Fsp3) is 0.417. The molecule has 1 saturated heterocycles. The van der Waals surface area contributed by atoms with E-state index in [-0.39, 0.29) is 0 Å². The number of ether oxygens (including phenoxy) is 4. The van der Waals surface area contributed by atoms with Crippen LogP contribution in [-0.2, 0) is 9.47 Å². The molecule has 0 aliphatic carbocycles. The molecule has 32 heavy (non-hydrogen) atoms. The summed E-state index contributed by atoms with van der Waals surface area (Å²) >= 11 is 0. The van der Waals surface area contributed by atoms with Gasteiger partial charge in [0, 0.05) is 40.0 Å². The van der Waals surface area contributed by atoms with Crippen molar-refractivity contribution in [3.05, 3.63) is 59.7 Å². The molecule has 0 N–H and O–H groups in total. The summed E-state index contributed by atoms with van der Waals surface area (Å²) < 4.78 is 22.0. The average Bonchev–Trinajstić information content (AvgIpc) is 2.77. The van der Waals surface area contributed by atoms with Crippen LogP contribution >= 0.6 is 0 Å². The van der Waals surface area contributed by atoms with Crippen molar-refractivity contribution in [2.45, 2.75) is 40.3 Å². The molecule has 2 atom stereocenters. The highest BCUT2D eigenvalue weighted by Gasteiger charge is 2.28. The van der Waals surface area contributed by atoms with Gasteiger partial charge in [0.1, 0.15) is 11.5 Å². The van der Waals surface area contributed by atoms with Gasteiger partial charge in [0.15, 0.2) is 0 Å². The first-order valence-electron chi connectivity index (χ1n) is 10.7. The molecule has 2 aromatic rings. The van der Waals surface area contributed by atoms with Crippen molar-refractivity contribution in [3.63, 3.8) is 0 Å². The second kappa shape index (κ2) is 10.7. The summed E-state index contributed by atoms with van der Waals surface area (Å²) in [6.45, 7) is 8.69. The molecule has 172 valence electrons. The van der Waals surface area contributed by atoms with Gasteiger partial charge in [0.25, 0.3) is 0 Å². The van der Waals surface area contributed by atoms with E-state index in [9.17, 15) is 9.59 Å². The Labute approximate surface area is 188 Å². The van der Waals surface area contributed by atoms with Crippen molar-refractivity contribution in [2.75, 3.05) is 26.2 Å². The molecule has 0 spiro atoms. The van der Waals surface area contributed by atoms with Crippen LogP contribution in [0, 0.1) is 13.8 Å². The van der Waals surface area contributed by atoms with Crippen molar-refractivity contribution < 1.29 is 28.5 Å². The van der Waals surface area contributed by atoms with Crippen LogP contribution in [0.3, 0.4) is 0 Å². The Morgan fingerprint density at radius 1 is 0.656 bits per heavy atom. The number of rotatable bonds is 6. The Hall–Kier alpha value is -3.42. The molecule has 0 saturated carbocycles. The molecular weight excluding hydrogens is 412 g/mol. The Morgan fingerprint density at radius 3 is 1.28 bits per heavy atom. The third-order valence-electron chi connectivity index (χ3n) is 4.98. The van der Waals surface area contributed by atoms with Crippen LogP contribution in [0.5, 0.6) is 11.5 Å². The van der Waals surface area contributed by atoms with Gasteiger partial charge in [-0.2, -0.15) is 0 Å². The number of benzene rings is 2. The predicted molar refractivity (Wildman–Crippen MR) is 119 cm³/mol. The maximum atomic E-state index is 12.4. The van der Waals surface area contributed by atoms with Gasteiger partial charge in [-0.05, 0) is 38.1 Å². The summed E-state index contributed by atoms with van der Waals surface area (Å²) in [6, 6.07) is 15.0. The highest BCUT2D eigenvalue weighted by molar-refractivity contribution is 5.70. The Morgan fingerprint density at radius 2 is 0.969 bits per heavy atom. The average molecular weight is 443 g/mol. The number of hydrogen-bond acceptors (Lipinski definition) is 6. The monoisotopic (exact) mass is 442 g/mol. The third kappa shape index (κ3) is 6.80. The van der Waals surface area contributed by atoms with Gasteiger partial charge in [0.2, 0.25) is 12.6 Å². The Bertz CT molecular complexity index is 816.